The van der Waals surface area contributed by atoms with Gasteiger partial charge in [-0.2, -0.15) is 0 Å². The highest BCUT2D eigenvalue weighted by atomic mass is 19.1. The van der Waals surface area contributed by atoms with Gasteiger partial charge in [0.05, 0.1) is 31.1 Å². The van der Waals surface area contributed by atoms with Gasteiger partial charge in [-0.1, -0.05) is 0 Å². The SMILES string of the molecule is CCOC(=O)C[C@@H](C(=O)OCC)[C@H](NC(=O)c1ccc(F)cc1F)C(=O)O. The lowest BCUT2D eigenvalue weighted by atomic mass is 9.95. The van der Waals surface area contributed by atoms with Crippen molar-refractivity contribution in [2.45, 2.75) is 26.3 Å². The number of hydrogen-bond acceptors (Lipinski definition) is 6. The van der Waals surface area contributed by atoms with Gasteiger partial charge in [-0.25, -0.2) is 13.6 Å². The van der Waals surface area contributed by atoms with Crippen LogP contribution in [0.25, 0.3) is 0 Å². The fraction of sp³-hybridized carbons (Fsp3) is 0.412. The van der Waals surface area contributed by atoms with E-state index in [1.807, 2.05) is 5.32 Å². The average molecular weight is 387 g/mol. The van der Waals surface area contributed by atoms with E-state index in [0.717, 1.165) is 12.1 Å². The number of carboxylic acids is 1. The molecule has 1 rings (SSSR count). The van der Waals surface area contributed by atoms with Gasteiger partial charge in [0, 0.05) is 6.07 Å². The summed E-state index contributed by atoms with van der Waals surface area (Å²) in [7, 11) is 0. The van der Waals surface area contributed by atoms with Crippen LogP contribution >= 0.6 is 0 Å². The van der Waals surface area contributed by atoms with Crippen LogP contribution in [0.3, 0.4) is 0 Å². The standard InChI is InChI=1S/C17H19F2NO7/c1-3-26-13(21)8-11(17(25)27-4-2)14(16(23)24)20-15(22)10-6-5-9(18)7-12(10)19/h5-7,11,14H,3-4,8H2,1-2H3,(H,20,22)(H,23,24)/t11-,14+/m1/s1. The second-order valence-electron chi connectivity index (χ2n) is 5.28. The molecule has 0 radical (unpaired) electrons. The summed E-state index contributed by atoms with van der Waals surface area (Å²) >= 11 is 0. The van der Waals surface area contributed by atoms with Crippen molar-refractivity contribution in [2.24, 2.45) is 5.92 Å². The molecule has 0 unspecified atom stereocenters. The normalized spacial score (nSPS) is 12.6. The number of carbonyl (C=O) groups is 4. The average Bonchev–Trinajstić information content (AvgIpc) is 2.57. The number of esters is 2. The van der Waals surface area contributed by atoms with E-state index in [4.69, 9.17) is 9.47 Å². The number of carbonyl (C=O) groups excluding carboxylic acids is 3. The van der Waals surface area contributed by atoms with Crippen LogP contribution in [0, 0.1) is 17.6 Å². The van der Waals surface area contributed by atoms with Crippen molar-refractivity contribution in [3.8, 4) is 0 Å². The van der Waals surface area contributed by atoms with E-state index in [1.165, 1.54) is 13.8 Å². The van der Waals surface area contributed by atoms with Crippen molar-refractivity contribution < 1.29 is 42.5 Å². The first kappa shape index (κ1) is 22.0. The molecule has 8 nitrogen and oxygen atoms in total. The van der Waals surface area contributed by atoms with Crippen LogP contribution < -0.4 is 5.32 Å². The van der Waals surface area contributed by atoms with Gasteiger partial charge in [0.25, 0.3) is 5.91 Å². The van der Waals surface area contributed by atoms with Gasteiger partial charge >= 0.3 is 17.9 Å². The summed E-state index contributed by atoms with van der Waals surface area (Å²) < 4.78 is 36.1. The number of halogens is 2. The highest BCUT2D eigenvalue weighted by molar-refractivity contribution is 5.98. The minimum atomic E-state index is -1.90. The topological polar surface area (TPSA) is 119 Å². The van der Waals surface area contributed by atoms with E-state index in [9.17, 15) is 33.1 Å². The van der Waals surface area contributed by atoms with Gasteiger partial charge in [-0.05, 0) is 26.0 Å². The van der Waals surface area contributed by atoms with Crippen LogP contribution in [0.4, 0.5) is 8.78 Å². The first-order valence-electron chi connectivity index (χ1n) is 8.02. The maximum atomic E-state index is 13.7. The summed E-state index contributed by atoms with van der Waals surface area (Å²) in [4.78, 5) is 47.5. The quantitative estimate of drug-likeness (QED) is 0.613. The molecular weight excluding hydrogens is 368 g/mol. The van der Waals surface area contributed by atoms with Crippen molar-refractivity contribution >= 4 is 23.8 Å². The molecule has 0 saturated carbocycles. The molecule has 2 N–H and O–H groups in total. The highest BCUT2D eigenvalue weighted by Crippen LogP contribution is 2.16. The summed E-state index contributed by atoms with van der Waals surface area (Å²) in [6.07, 6.45) is -0.671. The lowest BCUT2D eigenvalue weighted by Gasteiger charge is -2.23. The number of rotatable bonds is 9. The predicted molar refractivity (Wildman–Crippen MR) is 86.6 cm³/mol. The molecular formula is C17H19F2NO7. The largest absolute Gasteiger partial charge is 0.480 e. The number of hydrogen-bond donors (Lipinski definition) is 2. The Bertz CT molecular complexity index is 723. The summed E-state index contributed by atoms with van der Waals surface area (Å²) in [5, 5.41) is 11.4. The summed E-state index contributed by atoms with van der Waals surface area (Å²) in [5.74, 6) is -8.50. The molecule has 0 spiro atoms. The Labute approximate surface area is 153 Å². The molecule has 27 heavy (non-hydrogen) atoms. The minimum Gasteiger partial charge on any atom is -0.480 e. The van der Waals surface area contributed by atoms with Gasteiger partial charge in [-0.15, -0.1) is 0 Å². The van der Waals surface area contributed by atoms with Gasteiger partial charge in [-0.3, -0.25) is 14.4 Å². The van der Waals surface area contributed by atoms with Crippen molar-refractivity contribution in [1.82, 2.24) is 5.32 Å². The Kier molecular flexibility index (Phi) is 8.31. The third kappa shape index (κ3) is 6.32. The molecule has 0 aliphatic rings. The van der Waals surface area contributed by atoms with Crippen molar-refractivity contribution in [2.75, 3.05) is 13.2 Å². The Morgan fingerprint density at radius 3 is 2.26 bits per heavy atom. The van der Waals surface area contributed by atoms with Crippen molar-refractivity contribution in [1.29, 1.82) is 0 Å². The number of ether oxygens (including phenoxy) is 2. The number of aliphatic carboxylic acids is 1. The van der Waals surface area contributed by atoms with Gasteiger partial charge in [0.1, 0.15) is 17.7 Å². The molecule has 0 aliphatic heterocycles. The van der Waals surface area contributed by atoms with Gasteiger partial charge in [0.2, 0.25) is 0 Å². The molecule has 0 aromatic heterocycles. The maximum absolute atomic E-state index is 13.7. The molecule has 0 saturated heterocycles. The fourth-order valence-corrected chi connectivity index (χ4v) is 2.21. The van der Waals surface area contributed by atoms with E-state index < -0.39 is 59.4 Å². The maximum Gasteiger partial charge on any atom is 0.327 e. The molecule has 0 aliphatic carbocycles. The second-order valence-corrected chi connectivity index (χ2v) is 5.28. The molecule has 0 heterocycles. The zero-order valence-corrected chi connectivity index (χ0v) is 14.7. The Hall–Kier alpha value is -3.04. The van der Waals surface area contributed by atoms with E-state index in [-0.39, 0.29) is 13.2 Å². The molecule has 1 aromatic rings. The van der Waals surface area contributed by atoms with E-state index in [0.29, 0.717) is 6.07 Å². The molecule has 10 heteroatoms. The summed E-state index contributed by atoms with van der Waals surface area (Å²) in [6, 6.07) is 0.190. The molecule has 0 bridgehead atoms. The lowest BCUT2D eigenvalue weighted by Crippen LogP contribution is -2.50. The number of nitrogens with one attached hydrogen (secondary N) is 1. The number of amides is 1. The summed E-state index contributed by atoms with van der Waals surface area (Å²) in [5.41, 5.74) is -0.624. The van der Waals surface area contributed by atoms with Crippen LogP contribution in [0.15, 0.2) is 18.2 Å². The fourth-order valence-electron chi connectivity index (χ4n) is 2.21. The molecule has 2 atom stereocenters. The third-order valence-electron chi connectivity index (χ3n) is 3.41. The Morgan fingerprint density at radius 2 is 1.74 bits per heavy atom. The zero-order valence-electron chi connectivity index (χ0n) is 14.7. The van der Waals surface area contributed by atoms with Crippen molar-refractivity contribution in [3.63, 3.8) is 0 Å². The molecule has 148 valence electrons. The Morgan fingerprint density at radius 1 is 1.11 bits per heavy atom. The van der Waals surface area contributed by atoms with E-state index >= 15 is 0 Å². The van der Waals surface area contributed by atoms with Crippen LogP contribution in [0.5, 0.6) is 0 Å². The molecule has 1 aromatic carbocycles. The highest BCUT2D eigenvalue weighted by Gasteiger charge is 2.38. The van der Waals surface area contributed by atoms with Gasteiger partial charge < -0.3 is 19.9 Å². The van der Waals surface area contributed by atoms with Gasteiger partial charge in [0.15, 0.2) is 0 Å². The van der Waals surface area contributed by atoms with Crippen LogP contribution in [-0.2, 0) is 23.9 Å². The van der Waals surface area contributed by atoms with E-state index in [2.05, 4.69) is 0 Å². The smallest absolute Gasteiger partial charge is 0.327 e. The van der Waals surface area contributed by atoms with Crippen LogP contribution in [0.1, 0.15) is 30.6 Å². The monoisotopic (exact) mass is 387 g/mol. The predicted octanol–water partition coefficient (Wildman–Crippen LogP) is 1.28. The van der Waals surface area contributed by atoms with Crippen molar-refractivity contribution in [3.05, 3.63) is 35.4 Å². The van der Waals surface area contributed by atoms with Crippen LogP contribution in [-0.4, -0.2) is 48.2 Å². The molecule has 0 fully saturated rings. The minimum absolute atomic E-state index is 0.000728. The first-order chi connectivity index (χ1) is 12.7. The first-order valence-corrected chi connectivity index (χ1v) is 8.02. The number of carboxylic acid groups (broad SMARTS) is 1. The molecule has 1 amide bonds. The number of benzene rings is 1. The van der Waals surface area contributed by atoms with Crippen LogP contribution in [0.2, 0.25) is 0 Å². The zero-order chi connectivity index (χ0) is 20.6. The lowest BCUT2D eigenvalue weighted by molar-refractivity contribution is -0.159. The second kappa shape index (κ2) is 10.2. The summed E-state index contributed by atoms with van der Waals surface area (Å²) in [6.45, 7) is 2.90. The van der Waals surface area contributed by atoms with E-state index in [1.54, 1.807) is 0 Å². The Balaban J connectivity index is 3.11. The third-order valence-corrected chi connectivity index (χ3v) is 3.41.